The number of thiocarbonyl (C=S) groups is 1. The van der Waals surface area contributed by atoms with Gasteiger partial charge in [0, 0.05) is 0 Å². The molecule has 7 heteroatoms. The van der Waals surface area contributed by atoms with E-state index in [1.807, 2.05) is 12.1 Å². The van der Waals surface area contributed by atoms with Gasteiger partial charge in [-0.25, -0.2) is 4.79 Å². The highest BCUT2D eigenvalue weighted by Gasteiger charge is 2.38. The molecule has 1 aromatic carbocycles. The summed E-state index contributed by atoms with van der Waals surface area (Å²) in [6.07, 6.45) is 1.69. The van der Waals surface area contributed by atoms with Crippen LogP contribution in [0.5, 0.6) is 5.75 Å². The van der Waals surface area contributed by atoms with E-state index in [-0.39, 0.29) is 10.2 Å². The smallest absolute Gasteiger partial charge is 0.326 e. The molecule has 0 saturated carbocycles. The molecule has 5 nitrogen and oxygen atoms in total. The van der Waals surface area contributed by atoms with Crippen LogP contribution in [-0.4, -0.2) is 39.4 Å². The van der Waals surface area contributed by atoms with Crippen LogP contribution in [0.4, 0.5) is 0 Å². The fraction of sp³-hybridized carbons (Fsp3) is 0.214. The number of carbonyl (C=O) groups is 2. The van der Waals surface area contributed by atoms with Crippen LogP contribution in [0, 0.1) is 0 Å². The number of methoxy groups -OCH3 is 1. The van der Waals surface area contributed by atoms with Crippen LogP contribution in [0.15, 0.2) is 29.2 Å². The van der Waals surface area contributed by atoms with Gasteiger partial charge in [-0.15, -0.1) is 0 Å². The summed E-state index contributed by atoms with van der Waals surface area (Å²) in [6, 6.07) is 6.22. The van der Waals surface area contributed by atoms with Gasteiger partial charge in [-0.3, -0.25) is 9.69 Å². The second-order valence-electron chi connectivity index (χ2n) is 4.34. The lowest BCUT2D eigenvalue weighted by atomic mass is 10.2. The first-order valence-corrected chi connectivity index (χ1v) is 7.30. The Balaban J connectivity index is 2.25. The van der Waals surface area contributed by atoms with Crippen molar-refractivity contribution >= 4 is 46.3 Å². The summed E-state index contributed by atoms with van der Waals surface area (Å²) in [5.74, 6) is -0.744. The number of carboxylic acids is 1. The summed E-state index contributed by atoms with van der Waals surface area (Å²) in [4.78, 5) is 24.8. The maximum Gasteiger partial charge on any atom is 0.326 e. The molecule has 0 aromatic heterocycles. The van der Waals surface area contributed by atoms with Crippen molar-refractivity contribution in [3.63, 3.8) is 0 Å². The number of hydrogen-bond acceptors (Lipinski definition) is 5. The SMILES string of the molecule is COc1ccc(/C=C2\SC(=S)N([C@H](C)C(=O)O)C2=O)cc1. The maximum atomic E-state index is 12.3. The van der Waals surface area contributed by atoms with Crippen molar-refractivity contribution < 1.29 is 19.4 Å². The number of nitrogens with zero attached hydrogens (tertiary/aromatic N) is 1. The van der Waals surface area contributed by atoms with Crippen LogP contribution in [-0.2, 0) is 9.59 Å². The third kappa shape index (κ3) is 3.25. The minimum Gasteiger partial charge on any atom is -0.497 e. The molecule has 1 saturated heterocycles. The maximum absolute atomic E-state index is 12.3. The second kappa shape index (κ2) is 6.28. The average Bonchev–Trinajstić information content (AvgIpc) is 2.73. The van der Waals surface area contributed by atoms with Crippen LogP contribution >= 0.6 is 24.0 Å². The van der Waals surface area contributed by atoms with Crippen molar-refractivity contribution in [1.82, 2.24) is 4.90 Å². The highest BCUT2D eigenvalue weighted by Crippen LogP contribution is 2.34. The molecule has 1 aliphatic heterocycles. The molecule has 110 valence electrons. The van der Waals surface area contributed by atoms with Gasteiger partial charge in [0.15, 0.2) is 0 Å². The Labute approximate surface area is 131 Å². The van der Waals surface area contributed by atoms with E-state index in [1.54, 1.807) is 25.3 Å². The van der Waals surface area contributed by atoms with Gasteiger partial charge in [-0.05, 0) is 30.7 Å². The fourth-order valence-corrected chi connectivity index (χ4v) is 3.19. The van der Waals surface area contributed by atoms with Gasteiger partial charge in [0.05, 0.1) is 12.0 Å². The van der Waals surface area contributed by atoms with Crippen LogP contribution in [0.3, 0.4) is 0 Å². The molecule has 0 aliphatic carbocycles. The van der Waals surface area contributed by atoms with Gasteiger partial charge in [0.25, 0.3) is 5.91 Å². The van der Waals surface area contributed by atoms with Crippen LogP contribution in [0.25, 0.3) is 6.08 Å². The predicted molar refractivity (Wildman–Crippen MR) is 85.1 cm³/mol. The molecule has 21 heavy (non-hydrogen) atoms. The predicted octanol–water partition coefficient (Wildman–Crippen LogP) is 2.37. The monoisotopic (exact) mass is 323 g/mol. The molecular formula is C14H13NO4S2. The minimum absolute atomic E-state index is 0.259. The minimum atomic E-state index is -1.09. The highest BCUT2D eigenvalue weighted by molar-refractivity contribution is 8.26. The average molecular weight is 323 g/mol. The Bertz CT molecular complexity index is 624. The van der Waals surface area contributed by atoms with E-state index >= 15 is 0 Å². The number of amides is 1. The number of ether oxygens (including phenoxy) is 1. The Morgan fingerprint density at radius 3 is 2.57 bits per heavy atom. The summed E-state index contributed by atoms with van der Waals surface area (Å²) in [7, 11) is 1.58. The number of hydrogen-bond donors (Lipinski definition) is 1. The molecule has 1 fully saturated rings. The van der Waals surface area contributed by atoms with E-state index in [9.17, 15) is 9.59 Å². The molecule has 1 aliphatic rings. The van der Waals surface area contributed by atoms with Gasteiger partial charge in [0.2, 0.25) is 0 Å². The summed E-state index contributed by atoms with van der Waals surface area (Å²) in [6.45, 7) is 1.43. The first kappa shape index (κ1) is 15.5. The van der Waals surface area contributed by atoms with Gasteiger partial charge in [-0.1, -0.05) is 36.1 Å². The topological polar surface area (TPSA) is 66.8 Å². The van der Waals surface area contributed by atoms with Crippen molar-refractivity contribution in [2.24, 2.45) is 0 Å². The van der Waals surface area contributed by atoms with Crippen molar-refractivity contribution in [1.29, 1.82) is 0 Å². The number of thioether (sulfide) groups is 1. The largest absolute Gasteiger partial charge is 0.497 e. The number of rotatable bonds is 4. The molecule has 0 spiro atoms. The lowest BCUT2D eigenvalue weighted by molar-refractivity contribution is -0.144. The number of carboxylic acid groups (broad SMARTS) is 1. The Hall–Kier alpha value is -1.86. The summed E-state index contributed by atoms with van der Waals surface area (Å²) >= 11 is 6.20. The van der Waals surface area contributed by atoms with E-state index in [4.69, 9.17) is 22.1 Å². The highest BCUT2D eigenvalue weighted by atomic mass is 32.2. The van der Waals surface area contributed by atoms with E-state index in [0.29, 0.717) is 4.91 Å². The van der Waals surface area contributed by atoms with E-state index < -0.39 is 12.0 Å². The molecule has 0 unspecified atom stereocenters. The number of carbonyl (C=O) groups excluding carboxylic acids is 1. The third-order valence-electron chi connectivity index (χ3n) is 2.98. The van der Waals surface area contributed by atoms with Crippen molar-refractivity contribution in [2.75, 3.05) is 7.11 Å². The zero-order chi connectivity index (χ0) is 15.6. The first-order valence-electron chi connectivity index (χ1n) is 6.08. The van der Waals surface area contributed by atoms with E-state index in [1.165, 1.54) is 6.92 Å². The van der Waals surface area contributed by atoms with E-state index in [0.717, 1.165) is 28.0 Å². The van der Waals surface area contributed by atoms with Crippen LogP contribution < -0.4 is 4.74 Å². The number of aliphatic carboxylic acids is 1. The standard InChI is InChI=1S/C14H13NO4S2/c1-8(13(17)18)15-12(16)11(21-14(15)20)7-9-3-5-10(19-2)6-4-9/h3-8H,1-2H3,(H,17,18)/b11-7-/t8-/m1/s1. The second-order valence-corrected chi connectivity index (χ2v) is 6.01. The molecule has 0 radical (unpaired) electrons. The molecular weight excluding hydrogens is 310 g/mol. The lowest BCUT2D eigenvalue weighted by Crippen LogP contribution is -2.41. The Kier molecular flexibility index (Phi) is 4.64. The number of benzene rings is 1. The zero-order valence-electron chi connectivity index (χ0n) is 11.4. The fourth-order valence-electron chi connectivity index (χ4n) is 1.78. The first-order chi connectivity index (χ1) is 9.93. The Morgan fingerprint density at radius 1 is 1.43 bits per heavy atom. The lowest BCUT2D eigenvalue weighted by Gasteiger charge is -2.18. The molecule has 1 aromatic rings. The van der Waals surface area contributed by atoms with E-state index in [2.05, 4.69) is 0 Å². The zero-order valence-corrected chi connectivity index (χ0v) is 13.0. The van der Waals surface area contributed by atoms with Gasteiger partial charge in [0.1, 0.15) is 16.1 Å². The summed E-state index contributed by atoms with van der Waals surface area (Å²) < 4.78 is 5.32. The van der Waals surface area contributed by atoms with Gasteiger partial charge in [-0.2, -0.15) is 0 Å². The molecule has 2 rings (SSSR count). The Morgan fingerprint density at radius 2 is 2.05 bits per heavy atom. The molecule has 1 atom stereocenters. The molecule has 0 bridgehead atoms. The van der Waals surface area contributed by atoms with Crippen molar-refractivity contribution in [3.8, 4) is 5.75 Å². The molecule has 1 heterocycles. The quantitative estimate of drug-likeness (QED) is 0.678. The van der Waals surface area contributed by atoms with Crippen LogP contribution in [0.1, 0.15) is 12.5 Å². The van der Waals surface area contributed by atoms with Crippen LogP contribution in [0.2, 0.25) is 0 Å². The third-order valence-corrected chi connectivity index (χ3v) is 4.31. The summed E-state index contributed by atoms with van der Waals surface area (Å²) in [5, 5.41) is 9.02. The summed E-state index contributed by atoms with van der Waals surface area (Å²) in [5.41, 5.74) is 0.819. The van der Waals surface area contributed by atoms with Gasteiger partial charge < -0.3 is 9.84 Å². The molecule has 1 N–H and O–H groups in total. The normalized spacial score (nSPS) is 18.2. The molecule has 1 amide bonds. The van der Waals surface area contributed by atoms with Crippen molar-refractivity contribution in [2.45, 2.75) is 13.0 Å². The van der Waals surface area contributed by atoms with Gasteiger partial charge >= 0.3 is 5.97 Å². The van der Waals surface area contributed by atoms with Crippen molar-refractivity contribution in [3.05, 3.63) is 34.7 Å².